The first-order valence-electron chi connectivity index (χ1n) is 10.9. The van der Waals surface area contributed by atoms with Gasteiger partial charge >= 0.3 is 188 Å². The molecule has 0 atom stereocenters. The van der Waals surface area contributed by atoms with Crippen LogP contribution in [0.15, 0.2) is 78.4 Å². The van der Waals surface area contributed by atoms with Gasteiger partial charge in [-0.3, -0.25) is 0 Å². The van der Waals surface area contributed by atoms with E-state index < -0.39 is 23.2 Å². The summed E-state index contributed by atoms with van der Waals surface area (Å²) in [5, 5.41) is 0. The molecule has 0 spiro atoms. The van der Waals surface area contributed by atoms with Crippen LogP contribution in [0.25, 0.3) is 11.1 Å². The zero-order valence-corrected chi connectivity index (χ0v) is 22.8. The Morgan fingerprint density at radius 1 is 0.613 bits per heavy atom. The Hall–Kier alpha value is -1.14. The second kappa shape index (κ2) is 11.6. The second-order valence-corrected chi connectivity index (χ2v) is 11.7. The second-order valence-electron chi connectivity index (χ2n) is 8.14. The minimum Gasteiger partial charge on any atom is -1.00 e. The SMILES string of the molecule is CCC1=CC[C]([Zr+2][C]2=C(c3ccc(C)cc3)C(CC)=CC2)=C1c1ccc(C)cc1.[Cl-].[Cl-]. The summed E-state index contributed by atoms with van der Waals surface area (Å²) in [5.41, 5.74) is 11.8. The van der Waals surface area contributed by atoms with Gasteiger partial charge in [-0.05, 0) is 0 Å². The molecule has 0 unspecified atom stereocenters. The molecule has 3 heteroatoms. The summed E-state index contributed by atoms with van der Waals surface area (Å²) < 4.78 is 3.53. The zero-order valence-electron chi connectivity index (χ0n) is 18.9. The maximum absolute atomic E-state index is 2.50. The molecule has 0 nitrogen and oxygen atoms in total. The summed E-state index contributed by atoms with van der Waals surface area (Å²) >= 11 is -0.813. The van der Waals surface area contributed by atoms with Crippen LogP contribution in [0.5, 0.6) is 0 Å². The van der Waals surface area contributed by atoms with Crippen LogP contribution < -0.4 is 24.8 Å². The van der Waals surface area contributed by atoms with Gasteiger partial charge < -0.3 is 24.8 Å². The molecule has 0 bridgehead atoms. The number of allylic oxidation sites excluding steroid dienone is 8. The molecule has 0 N–H and O–H groups in total. The van der Waals surface area contributed by atoms with Gasteiger partial charge in [-0.1, -0.05) is 0 Å². The normalized spacial score (nSPS) is 15.2. The Kier molecular flexibility index (Phi) is 9.81. The molecule has 0 aromatic heterocycles. The van der Waals surface area contributed by atoms with E-state index in [4.69, 9.17) is 0 Å². The molecule has 160 valence electrons. The minimum absolute atomic E-state index is 0. The first-order chi connectivity index (χ1) is 14.1. The number of benzene rings is 2. The molecule has 2 aromatic rings. The minimum atomic E-state index is -0.813. The summed E-state index contributed by atoms with van der Waals surface area (Å²) in [6.07, 6.45) is 9.61. The van der Waals surface area contributed by atoms with Crippen LogP contribution in [0.4, 0.5) is 0 Å². The Bertz CT molecular complexity index is 950. The van der Waals surface area contributed by atoms with Gasteiger partial charge in [-0.25, -0.2) is 0 Å². The van der Waals surface area contributed by atoms with Crippen LogP contribution in [0.1, 0.15) is 61.8 Å². The van der Waals surface area contributed by atoms with Gasteiger partial charge in [0.15, 0.2) is 0 Å². The van der Waals surface area contributed by atoms with Crippen molar-refractivity contribution >= 4 is 11.1 Å². The van der Waals surface area contributed by atoms with E-state index in [-0.39, 0.29) is 24.8 Å². The van der Waals surface area contributed by atoms with Crippen LogP contribution in [-0.4, -0.2) is 0 Å². The molecular weight excluding hydrogens is 498 g/mol. The monoisotopic (exact) mass is 526 g/mol. The molecule has 0 amide bonds. The van der Waals surface area contributed by atoms with Crippen molar-refractivity contribution in [3.8, 4) is 0 Å². The van der Waals surface area contributed by atoms with Gasteiger partial charge in [-0.15, -0.1) is 0 Å². The van der Waals surface area contributed by atoms with Gasteiger partial charge in [0.25, 0.3) is 0 Å². The maximum Gasteiger partial charge on any atom is -1.00 e. The van der Waals surface area contributed by atoms with E-state index >= 15 is 0 Å². The molecule has 2 aromatic carbocycles. The largest absolute Gasteiger partial charge is 1.00 e. The fourth-order valence-corrected chi connectivity index (χ4v) is 8.47. The zero-order chi connectivity index (χ0) is 20.4. The first kappa shape index (κ1) is 26.1. The van der Waals surface area contributed by atoms with Crippen molar-refractivity contribution in [3.05, 3.63) is 101 Å². The molecule has 0 fully saturated rings. The van der Waals surface area contributed by atoms with Crippen LogP contribution >= 0.6 is 0 Å². The van der Waals surface area contributed by atoms with Gasteiger partial charge in [-0.2, -0.15) is 0 Å². The molecule has 0 aliphatic heterocycles. The molecule has 4 rings (SSSR count). The number of hydrogen-bond donors (Lipinski definition) is 0. The standard InChI is InChI=1S/2C14H15.2ClH.Zr/c2*1-3-12-5-4-6-14(12)13-9-7-11(2)8-10-13;;;/h2*5,7-10H,3-4H2,1-2H3;2*1H;/q;;;;+2/p-2. The Morgan fingerprint density at radius 2 is 0.968 bits per heavy atom. The van der Waals surface area contributed by atoms with Gasteiger partial charge in [0.2, 0.25) is 0 Å². The first-order valence-corrected chi connectivity index (χ1v) is 13.3. The smallest absolute Gasteiger partial charge is 1.00 e. The van der Waals surface area contributed by atoms with Crippen molar-refractivity contribution in [2.45, 2.75) is 53.4 Å². The fraction of sp³-hybridized carbons (Fsp3) is 0.286. The molecule has 0 saturated heterocycles. The van der Waals surface area contributed by atoms with E-state index in [1.807, 2.05) is 0 Å². The maximum atomic E-state index is 2.50. The fourth-order valence-electron chi connectivity index (χ4n) is 4.46. The third-order valence-corrected chi connectivity index (χ3v) is 9.81. The molecule has 31 heavy (non-hydrogen) atoms. The molecule has 0 radical (unpaired) electrons. The van der Waals surface area contributed by atoms with E-state index in [9.17, 15) is 0 Å². The molecule has 2 aliphatic rings. The van der Waals surface area contributed by atoms with E-state index in [1.165, 1.54) is 35.1 Å². The van der Waals surface area contributed by atoms with Gasteiger partial charge in [0.1, 0.15) is 0 Å². The van der Waals surface area contributed by atoms with Crippen molar-refractivity contribution in [1.82, 2.24) is 0 Å². The Balaban J connectivity index is 0.00000171. The molecule has 2 aliphatic carbocycles. The van der Waals surface area contributed by atoms with E-state index in [0.717, 1.165) is 12.8 Å². The van der Waals surface area contributed by atoms with Crippen molar-refractivity contribution in [2.24, 2.45) is 0 Å². The number of halogens is 2. The van der Waals surface area contributed by atoms with Gasteiger partial charge in [0.05, 0.1) is 0 Å². The van der Waals surface area contributed by atoms with Gasteiger partial charge in [0, 0.05) is 0 Å². The average Bonchev–Trinajstić information content (AvgIpc) is 3.33. The molecule has 0 saturated carbocycles. The summed E-state index contributed by atoms with van der Waals surface area (Å²) in [4.78, 5) is 0. The van der Waals surface area contributed by atoms with Crippen LogP contribution in [-0.2, 0) is 23.2 Å². The van der Waals surface area contributed by atoms with Crippen LogP contribution in [0.3, 0.4) is 0 Å². The summed E-state index contributed by atoms with van der Waals surface area (Å²) in [5.74, 6) is 0. The predicted molar refractivity (Wildman–Crippen MR) is 122 cm³/mol. The van der Waals surface area contributed by atoms with Crippen LogP contribution in [0, 0.1) is 13.8 Å². The number of hydrogen-bond acceptors (Lipinski definition) is 0. The third kappa shape index (κ3) is 5.62. The molecule has 0 heterocycles. The van der Waals surface area contributed by atoms with E-state index in [2.05, 4.69) is 88.4 Å². The number of aryl methyl sites for hydroxylation is 2. The number of rotatable bonds is 6. The summed E-state index contributed by atoms with van der Waals surface area (Å²) in [6, 6.07) is 18.4. The van der Waals surface area contributed by atoms with Crippen molar-refractivity contribution in [3.63, 3.8) is 0 Å². The Labute approximate surface area is 212 Å². The molecular formula is C28H30Cl2Zr. The van der Waals surface area contributed by atoms with Crippen molar-refractivity contribution < 1.29 is 48.0 Å². The van der Waals surface area contributed by atoms with E-state index in [0.29, 0.717) is 0 Å². The Morgan fingerprint density at radius 3 is 1.29 bits per heavy atom. The van der Waals surface area contributed by atoms with Crippen molar-refractivity contribution in [2.75, 3.05) is 0 Å². The van der Waals surface area contributed by atoms with E-state index in [1.54, 1.807) is 28.9 Å². The summed E-state index contributed by atoms with van der Waals surface area (Å²) in [6.45, 7) is 8.96. The van der Waals surface area contributed by atoms with Crippen molar-refractivity contribution in [1.29, 1.82) is 0 Å². The average molecular weight is 529 g/mol. The van der Waals surface area contributed by atoms with Crippen LogP contribution in [0.2, 0.25) is 0 Å². The summed E-state index contributed by atoms with van der Waals surface area (Å²) in [7, 11) is 0. The topological polar surface area (TPSA) is 0 Å². The predicted octanol–water partition coefficient (Wildman–Crippen LogP) is 2.00. The quantitative estimate of drug-likeness (QED) is 0.538. The third-order valence-electron chi connectivity index (χ3n) is 6.10.